The first-order valence-electron chi connectivity index (χ1n) is 3.25. The Hall–Kier alpha value is -0.590. The van der Waals surface area contributed by atoms with Crippen LogP contribution in [0.3, 0.4) is 0 Å². The topological polar surface area (TPSA) is 17.1 Å². The molecule has 11 heavy (non-hydrogen) atoms. The van der Waals surface area contributed by atoms with E-state index in [4.69, 9.17) is 0 Å². The van der Waals surface area contributed by atoms with Gasteiger partial charge in [0, 0.05) is 21.9 Å². The summed E-state index contributed by atoms with van der Waals surface area (Å²) in [7, 11) is -0.968. The number of thiophene rings is 1. The third-order valence-corrected chi connectivity index (χ3v) is 2.63. The van der Waals surface area contributed by atoms with Gasteiger partial charge in [-0.2, -0.15) is 11.3 Å². The van der Waals surface area contributed by atoms with Crippen LogP contribution in [0.1, 0.15) is 12.5 Å². The molecule has 1 rings (SSSR count). The zero-order valence-corrected chi connectivity index (χ0v) is 7.80. The first-order chi connectivity index (χ1) is 5.33. The normalized spacial score (nSPS) is 11.7. The van der Waals surface area contributed by atoms with Gasteiger partial charge in [-0.1, -0.05) is 12.8 Å². The zero-order valence-electron chi connectivity index (χ0n) is 6.16. The molecule has 0 aromatic carbocycles. The SMILES string of the molecule is CCS(=O)C#Cc1ccsc1. The summed E-state index contributed by atoms with van der Waals surface area (Å²) in [6.45, 7) is 1.86. The van der Waals surface area contributed by atoms with Crippen molar-refractivity contribution >= 4 is 22.1 Å². The van der Waals surface area contributed by atoms with Gasteiger partial charge < -0.3 is 0 Å². The van der Waals surface area contributed by atoms with Crippen molar-refractivity contribution in [3.8, 4) is 11.2 Å². The van der Waals surface area contributed by atoms with Crippen LogP contribution in [-0.4, -0.2) is 9.96 Å². The standard InChI is InChI=1S/C8H8OS2/c1-2-11(9)6-4-8-3-5-10-7-8/h3,5,7H,2H2,1H3. The van der Waals surface area contributed by atoms with Crippen LogP contribution in [0.15, 0.2) is 16.8 Å². The highest BCUT2D eigenvalue weighted by molar-refractivity contribution is 7.89. The maximum atomic E-state index is 10.8. The summed E-state index contributed by atoms with van der Waals surface area (Å²) in [4.78, 5) is 0. The van der Waals surface area contributed by atoms with Crippen LogP contribution in [-0.2, 0) is 10.8 Å². The molecule has 3 heteroatoms. The Morgan fingerprint density at radius 3 is 3.09 bits per heavy atom. The third kappa shape index (κ3) is 2.87. The predicted molar refractivity (Wildman–Crippen MR) is 49.9 cm³/mol. The Morgan fingerprint density at radius 2 is 2.55 bits per heavy atom. The maximum Gasteiger partial charge on any atom is 0.0975 e. The van der Waals surface area contributed by atoms with Gasteiger partial charge in [0.25, 0.3) is 0 Å². The van der Waals surface area contributed by atoms with E-state index in [1.165, 1.54) is 0 Å². The lowest BCUT2D eigenvalue weighted by molar-refractivity contribution is 0.690. The van der Waals surface area contributed by atoms with Gasteiger partial charge in [-0.25, -0.2) is 4.21 Å². The first-order valence-corrected chi connectivity index (χ1v) is 5.51. The Bertz CT molecular complexity index is 290. The molecule has 1 heterocycles. The first kappa shape index (κ1) is 8.51. The smallest absolute Gasteiger partial charge is 0.0975 e. The second-order valence-electron chi connectivity index (χ2n) is 1.87. The summed E-state index contributed by atoms with van der Waals surface area (Å²) in [5.41, 5.74) is 0.955. The van der Waals surface area contributed by atoms with Crippen molar-refractivity contribution in [2.75, 3.05) is 5.75 Å². The van der Waals surface area contributed by atoms with Crippen LogP contribution in [0.5, 0.6) is 0 Å². The number of hydrogen-bond acceptors (Lipinski definition) is 2. The molecule has 1 atom stereocenters. The second kappa shape index (κ2) is 4.32. The lowest BCUT2D eigenvalue weighted by atomic mass is 10.4. The van der Waals surface area contributed by atoms with Gasteiger partial charge in [0.1, 0.15) is 0 Å². The van der Waals surface area contributed by atoms with E-state index in [0.717, 1.165) is 5.56 Å². The van der Waals surface area contributed by atoms with E-state index in [-0.39, 0.29) is 0 Å². The van der Waals surface area contributed by atoms with E-state index in [2.05, 4.69) is 11.2 Å². The lowest BCUT2D eigenvalue weighted by Crippen LogP contribution is -1.85. The summed E-state index contributed by atoms with van der Waals surface area (Å²) in [6, 6.07) is 1.92. The maximum absolute atomic E-state index is 10.8. The summed E-state index contributed by atoms with van der Waals surface area (Å²) in [5, 5.41) is 6.57. The molecule has 0 aliphatic rings. The molecule has 1 aromatic rings. The van der Waals surface area contributed by atoms with E-state index in [1.54, 1.807) is 11.3 Å². The van der Waals surface area contributed by atoms with Crippen LogP contribution in [0, 0.1) is 11.2 Å². The molecule has 0 saturated carbocycles. The van der Waals surface area contributed by atoms with Crippen molar-refractivity contribution in [2.24, 2.45) is 0 Å². The fourth-order valence-electron chi connectivity index (χ4n) is 0.524. The summed E-state index contributed by atoms with van der Waals surface area (Å²) in [6.07, 6.45) is 0. The van der Waals surface area contributed by atoms with Crippen LogP contribution < -0.4 is 0 Å². The molecule has 0 amide bonds. The van der Waals surface area contributed by atoms with E-state index in [0.29, 0.717) is 5.75 Å². The molecule has 1 nitrogen and oxygen atoms in total. The van der Waals surface area contributed by atoms with Crippen LogP contribution in [0.4, 0.5) is 0 Å². The van der Waals surface area contributed by atoms with Crippen molar-refractivity contribution in [3.05, 3.63) is 22.4 Å². The molecule has 1 unspecified atom stereocenters. The van der Waals surface area contributed by atoms with Crippen molar-refractivity contribution in [1.29, 1.82) is 0 Å². The molecule has 0 spiro atoms. The molecule has 0 aliphatic carbocycles. The van der Waals surface area contributed by atoms with Gasteiger partial charge in [0.05, 0.1) is 10.8 Å². The number of rotatable bonds is 1. The molecule has 0 saturated heterocycles. The van der Waals surface area contributed by atoms with Crippen LogP contribution >= 0.6 is 11.3 Å². The summed E-state index contributed by atoms with van der Waals surface area (Å²) in [5.74, 6) is 3.44. The Morgan fingerprint density at radius 1 is 1.73 bits per heavy atom. The second-order valence-corrected chi connectivity index (χ2v) is 4.13. The molecule has 1 aromatic heterocycles. The largest absolute Gasteiger partial charge is 0.246 e. The average Bonchev–Trinajstić information content (AvgIpc) is 2.52. The quantitative estimate of drug-likeness (QED) is 0.608. The van der Waals surface area contributed by atoms with Gasteiger partial charge in [-0.3, -0.25) is 0 Å². The molecule has 0 N–H and O–H groups in total. The molecule has 0 fully saturated rings. The Kier molecular flexibility index (Phi) is 3.34. The summed E-state index contributed by atoms with van der Waals surface area (Å²) >= 11 is 1.60. The highest BCUT2D eigenvalue weighted by atomic mass is 32.2. The molecule has 0 bridgehead atoms. The summed E-state index contributed by atoms with van der Waals surface area (Å²) < 4.78 is 10.8. The van der Waals surface area contributed by atoms with Crippen molar-refractivity contribution < 1.29 is 4.21 Å². The molecular weight excluding hydrogens is 176 g/mol. The van der Waals surface area contributed by atoms with Crippen LogP contribution in [0.25, 0.3) is 0 Å². The van der Waals surface area contributed by atoms with Crippen LogP contribution in [0.2, 0.25) is 0 Å². The fraction of sp³-hybridized carbons (Fsp3) is 0.250. The fourth-order valence-corrected chi connectivity index (χ4v) is 1.49. The van der Waals surface area contributed by atoms with Crippen molar-refractivity contribution in [3.63, 3.8) is 0 Å². The predicted octanol–water partition coefficient (Wildman–Crippen LogP) is 1.83. The molecule has 0 radical (unpaired) electrons. The van der Waals surface area contributed by atoms with Gasteiger partial charge in [0.2, 0.25) is 0 Å². The van der Waals surface area contributed by atoms with Gasteiger partial charge >= 0.3 is 0 Å². The third-order valence-electron chi connectivity index (χ3n) is 1.09. The minimum absolute atomic E-state index is 0.608. The molecule has 0 aliphatic heterocycles. The van der Waals surface area contributed by atoms with E-state index in [1.807, 2.05) is 23.8 Å². The van der Waals surface area contributed by atoms with E-state index in [9.17, 15) is 4.21 Å². The van der Waals surface area contributed by atoms with E-state index < -0.39 is 10.8 Å². The van der Waals surface area contributed by atoms with E-state index >= 15 is 0 Å². The Labute approximate surface area is 72.9 Å². The average molecular weight is 184 g/mol. The molecular formula is C8H8OS2. The van der Waals surface area contributed by atoms with Crippen molar-refractivity contribution in [1.82, 2.24) is 0 Å². The minimum Gasteiger partial charge on any atom is -0.246 e. The number of hydrogen-bond donors (Lipinski definition) is 0. The van der Waals surface area contributed by atoms with Gasteiger partial charge in [-0.05, 0) is 11.4 Å². The Balaban J connectivity index is 2.66. The van der Waals surface area contributed by atoms with Gasteiger partial charge in [0.15, 0.2) is 0 Å². The monoisotopic (exact) mass is 184 g/mol. The van der Waals surface area contributed by atoms with Crippen molar-refractivity contribution in [2.45, 2.75) is 6.92 Å². The zero-order chi connectivity index (χ0) is 8.10. The highest BCUT2D eigenvalue weighted by Crippen LogP contribution is 2.03. The minimum atomic E-state index is -0.968. The molecule has 58 valence electrons. The lowest BCUT2D eigenvalue weighted by Gasteiger charge is -1.79. The van der Waals surface area contributed by atoms with Gasteiger partial charge in [-0.15, -0.1) is 0 Å². The highest BCUT2D eigenvalue weighted by Gasteiger charge is 1.87.